The number of hydrogen-bond donors (Lipinski definition) is 1. The first-order chi connectivity index (χ1) is 22.1. The number of Topliss-reactive ketones (excluding diaryl/α,β-unsaturated/α-hetero) is 1. The molecule has 1 aliphatic carbocycles. The Morgan fingerprint density at radius 1 is 1.02 bits per heavy atom. The molecular weight excluding hydrogens is 648 g/mol. The zero-order valence-corrected chi connectivity index (χ0v) is 27.7. The van der Waals surface area contributed by atoms with Crippen LogP contribution in [0.2, 0.25) is 0 Å². The molecule has 7 rings (SSSR count). The molecule has 236 valence electrons. The first-order valence-corrected chi connectivity index (χ1v) is 16.4. The number of ketones is 1. The minimum absolute atomic E-state index is 0.119. The van der Waals surface area contributed by atoms with Gasteiger partial charge in [0.1, 0.15) is 34.5 Å². The average molecular weight is 684 g/mol. The van der Waals surface area contributed by atoms with Crippen molar-refractivity contribution in [2.24, 2.45) is 5.41 Å². The molecule has 11 nitrogen and oxygen atoms in total. The van der Waals surface area contributed by atoms with Gasteiger partial charge in [0.15, 0.2) is 5.78 Å². The van der Waals surface area contributed by atoms with Crippen LogP contribution in [0.1, 0.15) is 54.5 Å². The zero-order chi connectivity index (χ0) is 32.2. The molecule has 2 saturated heterocycles. The molecule has 0 saturated carbocycles. The molecular formula is C34H35BrN8O3. The Kier molecular flexibility index (Phi) is 7.80. The summed E-state index contributed by atoms with van der Waals surface area (Å²) >= 11 is 3.39. The number of piperidine rings is 1. The second-order valence-electron chi connectivity index (χ2n) is 12.6. The summed E-state index contributed by atoms with van der Waals surface area (Å²) in [5.41, 5.74) is 4.03. The summed E-state index contributed by atoms with van der Waals surface area (Å²) in [5.74, 6) is 0.412. The molecule has 0 bridgehead atoms. The van der Waals surface area contributed by atoms with Crippen LogP contribution in [0.3, 0.4) is 0 Å². The van der Waals surface area contributed by atoms with E-state index in [-0.39, 0.29) is 35.3 Å². The number of halogens is 1. The second-order valence-corrected chi connectivity index (χ2v) is 13.4. The lowest BCUT2D eigenvalue weighted by Crippen LogP contribution is -2.44. The fraction of sp³-hybridized carbons (Fsp3) is 0.382. The lowest BCUT2D eigenvalue weighted by molar-refractivity contribution is -0.135. The van der Waals surface area contributed by atoms with E-state index in [0.29, 0.717) is 33.6 Å². The van der Waals surface area contributed by atoms with Crippen LogP contribution >= 0.6 is 15.9 Å². The SMILES string of the molecule is CC(=O)c1nn(CC(=O)N2C3=CC3(CN3CCCCC3)C[C@H]2C(=O)Nc2nc(Br)ccc2C)c2ccc(-c3cnc(C)nc3)cc12. The summed E-state index contributed by atoms with van der Waals surface area (Å²) < 4.78 is 2.19. The van der Waals surface area contributed by atoms with Crippen LogP contribution in [0.4, 0.5) is 5.82 Å². The number of nitrogens with one attached hydrogen (secondary N) is 1. The van der Waals surface area contributed by atoms with Crippen molar-refractivity contribution in [3.63, 3.8) is 0 Å². The van der Waals surface area contributed by atoms with Gasteiger partial charge in [-0.15, -0.1) is 0 Å². The van der Waals surface area contributed by atoms with Gasteiger partial charge in [0.2, 0.25) is 11.8 Å². The maximum Gasteiger partial charge on any atom is 0.249 e. The fourth-order valence-corrected chi connectivity index (χ4v) is 7.15. The maximum atomic E-state index is 14.2. The van der Waals surface area contributed by atoms with Crippen molar-refractivity contribution in [1.29, 1.82) is 0 Å². The predicted molar refractivity (Wildman–Crippen MR) is 177 cm³/mol. The number of anilines is 1. The molecule has 3 aliphatic rings. The van der Waals surface area contributed by atoms with Crippen LogP contribution in [0.5, 0.6) is 0 Å². The first kappa shape index (κ1) is 30.4. The van der Waals surface area contributed by atoms with Gasteiger partial charge in [-0.25, -0.2) is 15.0 Å². The third-order valence-electron chi connectivity index (χ3n) is 9.28. The molecule has 2 amide bonds. The lowest BCUT2D eigenvalue weighted by atomic mass is 9.95. The monoisotopic (exact) mass is 682 g/mol. The maximum absolute atomic E-state index is 14.2. The number of amides is 2. The number of nitrogens with zero attached hydrogens (tertiary/aromatic N) is 7. The number of likely N-dealkylation sites (tertiary alicyclic amines) is 2. The van der Waals surface area contributed by atoms with E-state index in [1.54, 1.807) is 22.0 Å². The van der Waals surface area contributed by atoms with Crippen molar-refractivity contribution in [1.82, 2.24) is 34.5 Å². The van der Waals surface area contributed by atoms with E-state index in [1.807, 2.05) is 44.2 Å². The smallest absolute Gasteiger partial charge is 0.249 e. The largest absolute Gasteiger partial charge is 0.309 e. The second kappa shape index (κ2) is 11.8. The Morgan fingerprint density at radius 2 is 1.78 bits per heavy atom. The summed E-state index contributed by atoms with van der Waals surface area (Å²) in [4.78, 5) is 57.9. The number of carbonyl (C=O) groups is 3. The van der Waals surface area contributed by atoms with Crippen LogP contribution in [0.25, 0.3) is 22.0 Å². The van der Waals surface area contributed by atoms with Gasteiger partial charge >= 0.3 is 0 Å². The molecule has 2 atom stereocenters. The highest BCUT2D eigenvalue weighted by Crippen LogP contribution is 2.57. The fourth-order valence-electron chi connectivity index (χ4n) is 6.85. The van der Waals surface area contributed by atoms with Crippen LogP contribution in [-0.2, 0) is 16.1 Å². The molecule has 12 heteroatoms. The molecule has 4 aromatic rings. The van der Waals surface area contributed by atoms with Crippen LogP contribution < -0.4 is 5.32 Å². The summed E-state index contributed by atoms with van der Waals surface area (Å²) in [6.07, 6.45) is 9.71. The Morgan fingerprint density at radius 3 is 2.52 bits per heavy atom. The molecule has 2 aliphatic heterocycles. The standard InChI is InChI=1S/C34H35BrN8O3/c1-20-7-10-29(35)38-32(20)39-33(46)27-14-34(19-41-11-5-4-6-12-41)15-28(34)43(27)30(45)18-42-26-9-8-23(24-16-36-22(3)37-17-24)13-25(26)31(40-42)21(2)44/h7-10,13,15-17,27H,4-6,11-12,14,18-19H2,1-3H3,(H,38,39,46)/t27-,34?/m0/s1. The summed E-state index contributed by atoms with van der Waals surface area (Å²) in [6, 6.07) is 8.68. The van der Waals surface area contributed by atoms with Crippen LogP contribution in [0, 0.1) is 19.3 Å². The normalized spacial score (nSPS) is 20.8. The van der Waals surface area contributed by atoms with E-state index >= 15 is 0 Å². The van der Waals surface area contributed by atoms with E-state index in [0.717, 1.165) is 54.9 Å². The van der Waals surface area contributed by atoms with Crippen molar-refractivity contribution in [3.05, 3.63) is 76.2 Å². The molecule has 3 aromatic heterocycles. The van der Waals surface area contributed by atoms with Gasteiger partial charge in [-0.3, -0.25) is 19.1 Å². The molecule has 5 heterocycles. The van der Waals surface area contributed by atoms with Gasteiger partial charge in [0.25, 0.3) is 0 Å². The van der Waals surface area contributed by atoms with Crippen molar-refractivity contribution >= 4 is 50.2 Å². The molecule has 1 N–H and O–H groups in total. The van der Waals surface area contributed by atoms with E-state index in [4.69, 9.17) is 0 Å². The highest BCUT2D eigenvalue weighted by atomic mass is 79.9. The highest BCUT2D eigenvalue weighted by molar-refractivity contribution is 9.10. The van der Waals surface area contributed by atoms with E-state index in [1.165, 1.54) is 13.3 Å². The Balaban J connectivity index is 1.19. The van der Waals surface area contributed by atoms with Crippen LogP contribution in [0.15, 0.2) is 59.1 Å². The summed E-state index contributed by atoms with van der Waals surface area (Å²) in [6.45, 7) is 7.91. The summed E-state index contributed by atoms with van der Waals surface area (Å²) in [7, 11) is 0. The van der Waals surface area contributed by atoms with Crippen LogP contribution in [-0.4, -0.2) is 77.8 Å². The highest BCUT2D eigenvalue weighted by Gasteiger charge is 2.60. The van der Waals surface area contributed by atoms with Gasteiger partial charge < -0.3 is 15.1 Å². The lowest BCUT2D eigenvalue weighted by Gasteiger charge is -2.30. The van der Waals surface area contributed by atoms with Crippen molar-refractivity contribution < 1.29 is 14.4 Å². The average Bonchev–Trinajstić information content (AvgIpc) is 3.44. The number of fused-ring (bicyclic) bond motifs is 2. The van der Waals surface area contributed by atoms with Crippen molar-refractivity contribution in [2.75, 3.05) is 25.0 Å². The minimum Gasteiger partial charge on any atom is -0.309 e. The molecule has 46 heavy (non-hydrogen) atoms. The van der Waals surface area contributed by atoms with E-state index in [9.17, 15) is 14.4 Å². The summed E-state index contributed by atoms with van der Waals surface area (Å²) in [5, 5.41) is 8.24. The number of aromatic nitrogens is 5. The van der Waals surface area contributed by atoms with E-state index < -0.39 is 6.04 Å². The molecule has 2 fully saturated rings. The number of rotatable bonds is 8. The van der Waals surface area contributed by atoms with E-state index in [2.05, 4.69) is 52.3 Å². The van der Waals surface area contributed by atoms with Gasteiger partial charge in [-0.05, 0) is 91.5 Å². The number of hydrogen-bond acceptors (Lipinski definition) is 8. The van der Waals surface area contributed by atoms with Gasteiger partial charge in [0.05, 0.1) is 5.52 Å². The molecule has 0 spiro atoms. The quantitative estimate of drug-likeness (QED) is 0.202. The minimum atomic E-state index is -0.695. The van der Waals surface area contributed by atoms with Gasteiger partial charge in [-0.2, -0.15) is 5.10 Å². The Hall–Kier alpha value is -4.29. The third kappa shape index (κ3) is 5.64. The van der Waals surface area contributed by atoms with Gasteiger partial charge in [0, 0.05) is 47.9 Å². The third-order valence-corrected chi connectivity index (χ3v) is 9.72. The molecule has 1 unspecified atom stereocenters. The number of benzene rings is 1. The number of pyridine rings is 1. The van der Waals surface area contributed by atoms with Gasteiger partial charge in [-0.1, -0.05) is 24.6 Å². The molecule has 0 radical (unpaired) electrons. The zero-order valence-electron chi connectivity index (χ0n) is 26.1. The number of aryl methyl sites for hydroxylation is 2. The first-order valence-electron chi connectivity index (χ1n) is 15.6. The van der Waals surface area contributed by atoms with Crippen molar-refractivity contribution in [2.45, 2.75) is 59.0 Å². The Bertz CT molecular complexity index is 1910. The molecule has 1 aromatic carbocycles. The predicted octanol–water partition coefficient (Wildman–Crippen LogP) is 5.08. The Labute approximate surface area is 275 Å². The van der Waals surface area contributed by atoms with Crippen molar-refractivity contribution in [3.8, 4) is 11.1 Å². The number of carbonyl (C=O) groups excluding carboxylic acids is 3. The topological polar surface area (TPSA) is 126 Å².